The Hall–Kier alpha value is -4.31. The number of sulfone groups is 1. The van der Waals surface area contributed by atoms with Crippen molar-refractivity contribution in [3.63, 3.8) is 0 Å². The van der Waals surface area contributed by atoms with Gasteiger partial charge in [-0.2, -0.15) is 5.10 Å². The van der Waals surface area contributed by atoms with Gasteiger partial charge >= 0.3 is 0 Å². The molecule has 192 valence electrons. The second-order valence-electron chi connectivity index (χ2n) is 9.34. The van der Waals surface area contributed by atoms with Crippen LogP contribution in [0.5, 0.6) is 0 Å². The van der Waals surface area contributed by atoms with E-state index in [2.05, 4.69) is 36.0 Å². The zero-order chi connectivity index (χ0) is 26.3. The highest BCUT2D eigenvalue weighted by atomic mass is 32.2. The molecule has 0 unspecified atom stereocenters. The molecule has 0 radical (unpaired) electrons. The van der Waals surface area contributed by atoms with Crippen LogP contribution in [0, 0.1) is 5.82 Å². The van der Waals surface area contributed by atoms with E-state index in [0.29, 0.717) is 4.90 Å². The van der Waals surface area contributed by atoms with E-state index in [-0.39, 0.29) is 5.82 Å². The minimum absolute atomic E-state index is 0.287. The molecule has 0 atom stereocenters. The van der Waals surface area contributed by atoms with Crippen LogP contribution in [0.3, 0.4) is 0 Å². The predicted molar refractivity (Wildman–Crippen MR) is 146 cm³/mol. The van der Waals surface area contributed by atoms with E-state index in [9.17, 15) is 12.8 Å². The Balaban J connectivity index is 1.29. The molecule has 5 aromatic rings. The maximum Gasteiger partial charge on any atom is 0.175 e. The first-order valence-electron chi connectivity index (χ1n) is 12.2. The van der Waals surface area contributed by atoms with Gasteiger partial charge in [0.1, 0.15) is 18.0 Å². The summed E-state index contributed by atoms with van der Waals surface area (Å²) in [6, 6.07) is 19.5. The van der Waals surface area contributed by atoms with Crippen LogP contribution < -0.4 is 9.80 Å². The Morgan fingerprint density at radius 2 is 1.61 bits per heavy atom. The van der Waals surface area contributed by atoms with Gasteiger partial charge < -0.3 is 9.80 Å². The first-order valence-corrected chi connectivity index (χ1v) is 14.1. The first-order chi connectivity index (χ1) is 18.4. The van der Waals surface area contributed by atoms with Crippen LogP contribution in [-0.4, -0.2) is 61.0 Å². The molecule has 1 fully saturated rings. The summed E-state index contributed by atoms with van der Waals surface area (Å²) >= 11 is 0. The first kappa shape index (κ1) is 24.1. The van der Waals surface area contributed by atoms with Crippen molar-refractivity contribution in [1.29, 1.82) is 0 Å². The van der Waals surface area contributed by atoms with Crippen LogP contribution >= 0.6 is 0 Å². The fourth-order valence-electron chi connectivity index (χ4n) is 4.89. The fourth-order valence-corrected chi connectivity index (χ4v) is 5.55. The Labute approximate surface area is 219 Å². The second kappa shape index (κ2) is 9.53. The molecule has 1 aliphatic rings. The molecular weight excluding hydrogens is 503 g/mol. The van der Waals surface area contributed by atoms with Crippen molar-refractivity contribution in [3.05, 3.63) is 85.1 Å². The summed E-state index contributed by atoms with van der Waals surface area (Å²) in [5.74, 6) is 0.568. The molecule has 6 rings (SSSR count). The number of nitrogens with zero attached hydrogens (tertiary/aromatic N) is 5. The molecule has 0 aliphatic carbocycles. The van der Waals surface area contributed by atoms with Crippen LogP contribution in [0.2, 0.25) is 0 Å². The molecule has 1 N–H and O–H groups in total. The smallest absolute Gasteiger partial charge is 0.175 e. The number of aromatic nitrogens is 4. The van der Waals surface area contributed by atoms with E-state index in [0.717, 1.165) is 71.0 Å². The van der Waals surface area contributed by atoms with E-state index in [1.54, 1.807) is 42.9 Å². The van der Waals surface area contributed by atoms with Gasteiger partial charge in [-0.1, -0.05) is 12.1 Å². The third-order valence-corrected chi connectivity index (χ3v) is 8.00. The summed E-state index contributed by atoms with van der Waals surface area (Å²) in [5, 5.41) is 8.22. The van der Waals surface area contributed by atoms with Gasteiger partial charge in [0.2, 0.25) is 0 Å². The lowest BCUT2D eigenvalue weighted by atomic mass is 10.00. The zero-order valence-electron chi connectivity index (χ0n) is 20.7. The zero-order valence-corrected chi connectivity index (χ0v) is 21.5. The van der Waals surface area contributed by atoms with Crippen molar-refractivity contribution in [1.82, 2.24) is 20.2 Å². The highest BCUT2D eigenvalue weighted by Gasteiger charge is 2.22. The summed E-state index contributed by atoms with van der Waals surface area (Å²) in [4.78, 5) is 13.9. The Kier molecular flexibility index (Phi) is 6.03. The molecule has 0 bridgehead atoms. The lowest BCUT2D eigenvalue weighted by Crippen LogP contribution is -2.47. The van der Waals surface area contributed by atoms with Crippen molar-refractivity contribution in [3.8, 4) is 22.4 Å². The summed E-state index contributed by atoms with van der Waals surface area (Å²) in [7, 11) is -3.27. The van der Waals surface area contributed by atoms with Crippen molar-refractivity contribution >= 4 is 32.2 Å². The quantitative estimate of drug-likeness (QED) is 0.357. The molecule has 8 nitrogen and oxygen atoms in total. The standard InChI is InChI=1S/C28H25FN6O2S/c1-38(36,37)23-4-2-3-22(16-23)34-11-13-35(14-12-34)28-24-15-20(7-10-26(24)30-18-31-28)25-17-32-33-27(25)19-5-8-21(29)9-6-19/h2-10,15-18H,11-14H2,1H3,(H,32,33). The summed E-state index contributed by atoms with van der Waals surface area (Å²) in [6.07, 6.45) is 4.58. The highest BCUT2D eigenvalue weighted by molar-refractivity contribution is 7.90. The van der Waals surface area contributed by atoms with Crippen LogP contribution in [0.25, 0.3) is 33.3 Å². The molecule has 1 aliphatic heterocycles. The van der Waals surface area contributed by atoms with Crippen LogP contribution in [0.4, 0.5) is 15.9 Å². The molecule has 1 saturated heterocycles. The number of hydrogen-bond donors (Lipinski definition) is 1. The maximum atomic E-state index is 13.5. The SMILES string of the molecule is CS(=O)(=O)c1cccc(N2CCN(c3ncnc4ccc(-c5cn[nH]c5-c5ccc(F)cc5)cc34)CC2)c1. The number of H-pyrrole nitrogens is 1. The summed E-state index contributed by atoms with van der Waals surface area (Å²) < 4.78 is 37.5. The number of piperazine rings is 1. The van der Waals surface area contributed by atoms with Gasteiger partial charge in [0.05, 0.1) is 22.3 Å². The molecule has 10 heteroatoms. The number of hydrogen-bond acceptors (Lipinski definition) is 7. The van der Waals surface area contributed by atoms with E-state index < -0.39 is 9.84 Å². The molecule has 0 amide bonds. The minimum Gasteiger partial charge on any atom is -0.368 e. The second-order valence-corrected chi connectivity index (χ2v) is 11.4. The fraction of sp³-hybridized carbons (Fsp3) is 0.179. The van der Waals surface area contributed by atoms with Crippen molar-refractivity contribution in [2.75, 3.05) is 42.2 Å². The van der Waals surface area contributed by atoms with Gasteiger partial charge in [-0.25, -0.2) is 22.8 Å². The van der Waals surface area contributed by atoms with Gasteiger partial charge in [-0.3, -0.25) is 5.10 Å². The van der Waals surface area contributed by atoms with Gasteiger partial charge in [0, 0.05) is 54.6 Å². The van der Waals surface area contributed by atoms with E-state index in [1.807, 2.05) is 18.2 Å². The largest absolute Gasteiger partial charge is 0.368 e. The number of fused-ring (bicyclic) bond motifs is 1. The van der Waals surface area contributed by atoms with E-state index in [4.69, 9.17) is 0 Å². The van der Waals surface area contributed by atoms with Crippen LogP contribution in [0.1, 0.15) is 0 Å². The lowest BCUT2D eigenvalue weighted by Gasteiger charge is -2.37. The van der Waals surface area contributed by atoms with Gasteiger partial charge in [-0.05, 0) is 60.2 Å². The van der Waals surface area contributed by atoms with Gasteiger partial charge in [0.15, 0.2) is 9.84 Å². The number of halogens is 1. The lowest BCUT2D eigenvalue weighted by molar-refractivity contribution is 0.601. The molecule has 3 heterocycles. The number of aromatic amines is 1. The monoisotopic (exact) mass is 528 g/mol. The Morgan fingerprint density at radius 1 is 0.868 bits per heavy atom. The van der Waals surface area contributed by atoms with Gasteiger partial charge in [0.25, 0.3) is 0 Å². The molecule has 38 heavy (non-hydrogen) atoms. The molecule has 2 aromatic heterocycles. The molecular formula is C28H25FN6O2S. The Morgan fingerprint density at radius 3 is 2.37 bits per heavy atom. The number of anilines is 2. The molecule has 0 spiro atoms. The van der Waals surface area contributed by atoms with Crippen molar-refractivity contribution < 1.29 is 12.8 Å². The summed E-state index contributed by atoms with van der Waals surface area (Å²) in [6.45, 7) is 2.92. The molecule has 3 aromatic carbocycles. The molecule has 0 saturated carbocycles. The van der Waals surface area contributed by atoms with Crippen molar-refractivity contribution in [2.45, 2.75) is 4.90 Å². The third kappa shape index (κ3) is 4.58. The van der Waals surface area contributed by atoms with E-state index >= 15 is 0 Å². The number of rotatable bonds is 5. The topological polar surface area (TPSA) is 95.1 Å². The maximum absolute atomic E-state index is 13.5. The minimum atomic E-state index is -3.27. The van der Waals surface area contributed by atoms with E-state index in [1.165, 1.54) is 18.4 Å². The van der Waals surface area contributed by atoms with Crippen molar-refractivity contribution in [2.24, 2.45) is 0 Å². The average Bonchev–Trinajstić information content (AvgIpc) is 3.43. The number of nitrogens with one attached hydrogen (secondary N) is 1. The normalized spacial score (nSPS) is 14.3. The third-order valence-electron chi connectivity index (χ3n) is 6.89. The number of benzene rings is 3. The van der Waals surface area contributed by atoms with Crippen LogP contribution in [-0.2, 0) is 9.84 Å². The van der Waals surface area contributed by atoms with Gasteiger partial charge in [-0.15, -0.1) is 0 Å². The Bertz CT molecular complexity index is 1730. The summed E-state index contributed by atoms with van der Waals surface area (Å²) in [5.41, 5.74) is 5.26. The average molecular weight is 529 g/mol. The predicted octanol–water partition coefficient (Wildman–Crippen LogP) is 4.56. The highest BCUT2D eigenvalue weighted by Crippen LogP contribution is 2.34. The van der Waals surface area contributed by atoms with Crippen LogP contribution in [0.15, 0.2) is 84.1 Å².